The second kappa shape index (κ2) is 4.00. The number of H-pyrrole nitrogens is 1. The fourth-order valence-electron chi connectivity index (χ4n) is 1.73. The van der Waals surface area contributed by atoms with Gasteiger partial charge in [0.05, 0.1) is 6.10 Å². The smallest absolute Gasteiger partial charge is 0.132 e. The largest absolute Gasteiger partial charge is 0.387 e. The van der Waals surface area contributed by atoms with E-state index in [9.17, 15) is 9.50 Å². The number of nitrogens with one attached hydrogen (secondary N) is 2. The molecule has 1 aromatic carbocycles. The number of aromatic nitrogens is 1. The summed E-state index contributed by atoms with van der Waals surface area (Å²) >= 11 is 0. The van der Waals surface area contributed by atoms with E-state index in [-0.39, 0.29) is 5.82 Å². The van der Waals surface area contributed by atoms with Crippen molar-refractivity contribution in [3.63, 3.8) is 0 Å². The van der Waals surface area contributed by atoms with Gasteiger partial charge < -0.3 is 15.4 Å². The minimum absolute atomic E-state index is 0.307. The van der Waals surface area contributed by atoms with Crippen molar-refractivity contribution in [2.24, 2.45) is 0 Å². The molecule has 0 fully saturated rings. The highest BCUT2D eigenvalue weighted by Crippen LogP contribution is 2.26. The predicted molar refractivity (Wildman–Crippen MR) is 57.1 cm³/mol. The van der Waals surface area contributed by atoms with Gasteiger partial charge in [0, 0.05) is 29.2 Å². The van der Waals surface area contributed by atoms with Gasteiger partial charge in [-0.2, -0.15) is 0 Å². The molecule has 2 aromatic rings. The Morgan fingerprint density at radius 3 is 3.07 bits per heavy atom. The van der Waals surface area contributed by atoms with Crippen molar-refractivity contribution < 1.29 is 9.50 Å². The van der Waals surface area contributed by atoms with Crippen LogP contribution in [0.25, 0.3) is 10.9 Å². The molecule has 1 atom stereocenters. The highest BCUT2D eigenvalue weighted by molar-refractivity contribution is 5.84. The van der Waals surface area contributed by atoms with E-state index in [1.807, 2.05) is 0 Å². The van der Waals surface area contributed by atoms with E-state index in [1.54, 1.807) is 25.4 Å². The number of aliphatic hydroxyl groups is 1. The molecule has 0 aliphatic heterocycles. The first kappa shape index (κ1) is 10.1. The molecule has 4 heteroatoms. The monoisotopic (exact) mass is 208 g/mol. The maximum absolute atomic E-state index is 13.5. The lowest BCUT2D eigenvalue weighted by atomic mass is 10.1. The third-order valence-corrected chi connectivity index (χ3v) is 2.44. The third kappa shape index (κ3) is 1.73. The van der Waals surface area contributed by atoms with Crippen molar-refractivity contribution in [1.29, 1.82) is 0 Å². The minimum Gasteiger partial charge on any atom is -0.387 e. The van der Waals surface area contributed by atoms with Gasteiger partial charge in [0.2, 0.25) is 0 Å². The maximum Gasteiger partial charge on any atom is 0.132 e. The SMILES string of the molecule is CNCC(O)c1c[nH]c2cccc(F)c12. The van der Waals surface area contributed by atoms with Crippen LogP contribution < -0.4 is 5.32 Å². The van der Waals surface area contributed by atoms with Crippen molar-refractivity contribution in [3.05, 3.63) is 35.8 Å². The highest BCUT2D eigenvalue weighted by Gasteiger charge is 2.14. The van der Waals surface area contributed by atoms with Gasteiger partial charge in [0.1, 0.15) is 5.82 Å². The van der Waals surface area contributed by atoms with Gasteiger partial charge >= 0.3 is 0 Å². The fourth-order valence-corrected chi connectivity index (χ4v) is 1.73. The van der Waals surface area contributed by atoms with E-state index in [0.29, 0.717) is 23.0 Å². The summed E-state index contributed by atoms with van der Waals surface area (Å²) in [6.45, 7) is 0.404. The van der Waals surface area contributed by atoms with E-state index < -0.39 is 6.10 Å². The Balaban J connectivity index is 2.52. The lowest BCUT2D eigenvalue weighted by Gasteiger charge is -2.08. The van der Waals surface area contributed by atoms with E-state index in [0.717, 1.165) is 0 Å². The van der Waals surface area contributed by atoms with Gasteiger partial charge in [0.15, 0.2) is 0 Å². The third-order valence-electron chi connectivity index (χ3n) is 2.44. The number of fused-ring (bicyclic) bond motifs is 1. The molecular formula is C11H13FN2O. The van der Waals surface area contributed by atoms with E-state index >= 15 is 0 Å². The zero-order valence-corrected chi connectivity index (χ0v) is 8.42. The van der Waals surface area contributed by atoms with Crippen LogP contribution in [-0.2, 0) is 0 Å². The van der Waals surface area contributed by atoms with Crippen molar-refractivity contribution in [2.45, 2.75) is 6.10 Å². The first-order valence-corrected chi connectivity index (χ1v) is 4.82. The Kier molecular flexibility index (Phi) is 2.70. The molecule has 0 bridgehead atoms. The van der Waals surface area contributed by atoms with Crippen LogP contribution in [0.15, 0.2) is 24.4 Å². The molecule has 1 aromatic heterocycles. The normalized spacial score (nSPS) is 13.3. The zero-order valence-electron chi connectivity index (χ0n) is 8.42. The van der Waals surface area contributed by atoms with Crippen LogP contribution in [0.3, 0.4) is 0 Å². The summed E-state index contributed by atoms with van der Waals surface area (Å²) in [4.78, 5) is 2.94. The summed E-state index contributed by atoms with van der Waals surface area (Å²) in [5.41, 5.74) is 1.30. The van der Waals surface area contributed by atoms with Crippen LogP contribution in [0.5, 0.6) is 0 Å². The van der Waals surface area contributed by atoms with Crippen LogP contribution in [0.1, 0.15) is 11.7 Å². The van der Waals surface area contributed by atoms with Crippen LogP contribution in [0.4, 0.5) is 4.39 Å². The molecular weight excluding hydrogens is 195 g/mol. The van der Waals surface area contributed by atoms with Crippen molar-refractivity contribution in [2.75, 3.05) is 13.6 Å². The highest BCUT2D eigenvalue weighted by atomic mass is 19.1. The molecule has 0 saturated carbocycles. The van der Waals surface area contributed by atoms with Crippen LogP contribution >= 0.6 is 0 Å². The van der Waals surface area contributed by atoms with Crippen molar-refractivity contribution >= 4 is 10.9 Å². The minimum atomic E-state index is -0.694. The molecule has 1 heterocycles. The summed E-state index contributed by atoms with van der Waals surface area (Å²) in [6.07, 6.45) is 0.955. The molecule has 0 spiro atoms. The molecule has 0 aliphatic rings. The second-order valence-corrected chi connectivity index (χ2v) is 3.48. The van der Waals surface area contributed by atoms with Crippen molar-refractivity contribution in [3.8, 4) is 0 Å². The Morgan fingerprint density at radius 1 is 1.53 bits per heavy atom. The number of halogens is 1. The van der Waals surface area contributed by atoms with Crippen molar-refractivity contribution in [1.82, 2.24) is 10.3 Å². The maximum atomic E-state index is 13.5. The van der Waals surface area contributed by atoms with Gasteiger partial charge in [-0.25, -0.2) is 4.39 Å². The molecule has 0 radical (unpaired) electrons. The Morgan fingerprint density at radius 2 is 2.33 bits per heavy atom. The average Bonchev–Trinajstić information content (AvgIpc) is 2.63. The number of aromatic amines is 1. The summed E-state index contributed by atoms with van der Waals surface area (Å²) in [6, 6.07) is 4.82. The summed E-state index contributed by atoms with van der Waals surface area (Å²) in [5, 5.41) is 13.1. The summed E-state index contributed by atoms with van der Waals surface area (Å²) in [7, 11) is 1.74. The second-order valence-electron chi connectivity index (χ2n) is 3.48. The number of rotatable bonds is 3. The number of hydrogen-bond acceptors (Lipinski definition) is 2. The fraction of sp³-hybridized carbons (Fsp3) is 0.273. The Bertz CT molecular complexity index is 467. The zero-order chi connectivity index (χ0) is 10.8. The lowest BCUT2D eigenvalue weighted by Crippen LogP contribution is -2.16. The average molecular weight is 208 g/mol. The lowest BCUT2D eigenvalue weighted by molar-refractivity contribution is 0.179. The molecule has 80 valence electrons. The molecule has 0 saturated heterocycles. The molecule has 3 N–H and O–H groups in total. The molecule has 15 heavy (non-hydrogen) atoms. The first-order chi connectivity index (χ1) is 7.24. The Labute approximate surface area is 86.9 Å². The quantitative estimate of drug-likeness (QED) is 0.717. The number of likely N-dealkylation sites (N-methyl/N-ethyl adjacent to an activating group) is 1. The number of hydrogen-bond donors (Lipinski definition) is 3. The standard InChI is InChI=1S/C11H13FN2O/c1-13-6-10(15)7-5-14-9-4-2-3-8(12)11(7)9/h2-5,10,13-15H,6H2,1H3. The number of benzene rings is 1. The molecule has 1 unspecified atom stereocenters. The van der Waals surface area contributed by atoms with Crippen LogP contribution in [-0.4, -0.2) is 23.7 Å². The van der Waals surface area contributed by atoms with Crippen LogP contribution in [0.2, 0.25) is 0 Å². The summed E-state index contributed by atoms with van der Waals surface area (Å²) < 4.78 is 13.5. The molecule has 0 amide bonds. The van der Waals surface area contributed by atoms with E-state index in [2.05, 4.69) is 10.3 Å². The van der Waals surface area contributed by atoms with Gasteiger partial charge in [0.25, 0.3) is 0 Å². The van der Waals surface area contributed by atoms with Gasteiger partial charge in [-0.05, 0) is 19.2 Å². The van der Waals surface area contributed by atoms with Gasteiger partial charge in [-0.15, -0.1) is 0 Å². The van der Waals surface area contributed by atoms with E-state index in [1.165, 1.54) is 6.07 Å². The van der Waals surface area contributed by atoms with Gasteiger partial charge in [-0.3, -0.25) is 0 Å². The number of aliphatic hydroxyl groups excluding tert-OH is 1. The Hall–Kier alpha value is -1.39. The summed E-state index contributed by atoms with van der Waals surface area (Å²) in [5.74, 6) is -0.307. The molecule has 3 nitrogen and oxygen atoms in total. The first-order valence-electron chi connectivity index (χ1n) is 4.82. The molecule has 0 aliphatic carbocycles. The van der Waals surface area contributed by atoms with Crippen LogP contribution in [0, 0.1) is 5.82 Å². The predicted octanol–water partition coefficient (Wildman–Crippen LogP) is 1.56. The van der Waals surface area contributed by atoms with E-state index in [4.69, 9.17) is 0 Å². The topological polar surface area (TPSA) is 48.0 Å². The van der Waals surface area contributed by atoms with Gasteiger partial charge in [-0.1, -0.05) is 6.07 Å². The molecule has 2 rings (SSSR count).